The Morgan fingerprint density at radius 2 is 0.750 bits per heavy atom. The predicted molar refractivity (Wildman–Crippen MR) is 125 cm³/mol. The maximum atomic E-state index is 5.31. The monoisotopic (exact) mass is 398 g/mol. The summed E-state index contributed by atoms with van der Waals surface area (Å²) in [6, 6.07) is 0. The van der Waals surface area contributed by atoms with Crippen molar-refractivity contribution in [3.05, 3.63) is 0 Å². The molecule has 0 rings (SSSR count). The molecule has 2 nitrogen and oxygen atoms in total. The van der Waals surface area contributed by atoms with E-state index in [4.69, 9.17) is 9.78 Å². The second-order valence-electron chi connectivity index (χ2n) is 9.19. The standard InChI is InChI=1S/C26H54O2/c1-4-5-6-7-8-9-10-12-15-18-21-24-27-28-25-22-19-16-13-11-14-17-20-23-26(2)3/h26H,4-25H2,1-3H3. The lowest BCUT2D eigenvalue weighted by Crippen LogP contribution is -1.99. The van der Waals surface area contributed by atoms with E-state index in [0.29, 0.717) is 0 Å². The van der Waals surface area contributed by atoms with Crippen LogP contribution < -0.4 is 0 Å². The molecule has 0 aromatic carbocycles. The fraction of sp³-hybridized carbons (Fsp3) is 1.00. The first-order valence-electron chi connectivity index (χ1n) is 13.0. The highest BCUT2D eigenvalue weighted by atomic mass is 17.2. The van der Waals surface area contributed by atoms with Gasteiger partial charge in [-0.05, 0) is 18.8 Å². The van der Waals surface area contributed by atoms with Crippen molar-refractivity contribution in [2.75, 3.05) is 13.2 Å². The average molecular weight is 399 g/mol. The van der Waals surface area contributed by atoms with Gasteiger partial charge in [-0.3, -0.25) is 0 Å². The molecule has 2 heteroatoms. The molecule has 0 fully saturated rings. The van der Waals surface area contributed by atoms with Crippen LogP contribution in [0.1, 0.15) is 149 Å². The SMILES string of the molecule is CCCCCCCCCCCCCOOCCCCCCCCCCC(C)C. The Hall–Kier alpha value is -0.0800. The molecule has 0 amide bonds. The molecule has 28 heavy (non-hydrogen) atoms. The maximum Gasteiger partial charge on any atom is 0.0822 e. The van der Waals surface area contributed by atoms with Crippen molar-refractivity contribution in [2.24, 2.45) is 5.92 Å². The Bertz CT molecular complexity index is 265. The molecule has 0 bridgehead atoms. The second-order valence-corrected chi connectivity index (χ2v) is 9.19. The zero-order chi connectivity index (χ0) is 20.5. The van der Waals surface area contributed by atoms with E-state index in [1.54, 1.807) is 0 Å². The topological polar surface area (TPSA) is 18.5 Å². The van der Waals surface area contributed by atoms with Gasteiger partial charge in [0.1, 0.15) is 0 Å². The minimum Gasteiger partial charge on any atom is -0.237 e. The molecule has 0 aliphatic rings. The van der Waals surface area contributed by atoms with Gasteiger partial charge in [0.2, 0.25) is 0 Å². The first-order chi connectivity index (χ1) is 13.8. The van der Waals surface area contributed by atoms with Gasteiger partial charge in [0.05, 0.1) is 13.2 Å². The summed E-state index contributed by atoms with van der Waals surface area (Å²) in [4.78, 5) is 10.6. The van der Waals surface area contributed by atoms with Gasteiger partial charge in [0.15, 0.2) is 0 Å². The van der Waals surface area contributed by atoms with E-state index < -0.39 is 0 Å². The van der Waals surface area contributed by atoms with Crippen LogP contribution in [0.3, 0.4) is 0 Å². The van der Waals surface area contributed by atoms with E-state index in [1.165, 1.54) is 116 Å². The number of hydrogen-bond acceptors (Lipinski definition) is 2. The molecule has 0 aliphatic heterocycles. The van der Waals surface area contributed by atoms with Crippen LogP contribution in [0.4, 0.5) is 0 Å². The summed E-state index contributed by atoms with van der Waals surface area (Å²) in [7, 11) is 0. The maximum absolute atomic E-state index is 5.31. The second kappa shape index (κ2) is 25.0. The Kier molecular flexibility index (Phi) is 24.9. The van der Waals surface area contributed by atoms with Gasteiger partial charge < -0.3 is 0 Å². The van der Waals surface area contributed by atoms with Crippen molar-refractivity contribution in [3.8, 4) is 0 Å². The average Bonchev–Trinajstić information content (AvgIpc) is 2.68. The first-order valence-corrected chi connectivity index (χ1v) is 13.0. The molecule has 0 radical (unpaired) electrons. The van der Waals surface area contributed by atoms with Crippen LogP contribution in [0, 0.1) is 5.92 Å². The summed E-state index contributed by atoms with van der Waals surface area (Å²) in [6.07, 6.45) is 27.4. The molecule has 0 heterocycles. The van der Waals surface area contributed by atoms with Crippen LogP contribution >= 0.6 is 0 Å². The Balaban J connectivity index is 2.98. The smallest absolute Gasteiger partial charge is 0.0822 e. The minimum absolute atomic E-state index is 0.770. The summed E-state index contributed by atoms with van der Waals surface area (Å²) in [5.41, 5.74) is 0. The van der Waals surface area contributed by atoms with Crippen LogP contribution in [0.15, 0.2) is 0 Å². The van der Waals surface area contributed by atoms with Crippen molar-refractivity contribution in [3.63, 3.8) is 0 Å². The highest BCUT2D eigenvalue weighted by molar-refractivity contribution is 4.50. The van der Waals surface area contributed by atoms with E-state index in [2.05, 4.69) is 20.8 Å². The lowest BCUT2D eigenvalue weighted by molar-refractivity contribution is -0.295. The third-order valence-corrected chi connectivity index (χ3v) is 5.67. The Morgan fingerprint density at radius 3 is 1.11 bits per heavy atom. The molecular formula is C26H54O2. The summed E-state index contributed by atoms with van der Waals surface area (Å²) in [6.45, 7) is 8.47. The van der Waals surface area contributed by atoms with E-state index in [9.17, 15) is 0 Å². The molecule has 0 aliphatic carbocycles. The van der Waals surface area contributed by atoms with Crippen LogP contribution in [0.25, 0.3) is 0 Å². The van der Waals surface area contributed by atoms with Crippen molar-refractivity contribution < 1.29 is 9.78 Å². The van der Waals surface area contributed by atoms with Gasteiger partial charge in [-0.1, -0.05) is 136 Å². The highest BCUT2D eigenvalue weighted by Gasteiger charge is 1.97. The van der Waals surface area contributed by atoms with Crippen molar-refractivity contribution >= 4 is 0 Å². The van der Waals surface area contributed by atoms with Crippen molar-refractivity contribution in [1.82, 2.24) is 0 Å². The highest BCUT2D eigenvalue weighted by Crippen LogP contribution is 2.13. The fourth-order valence-electron chi connectivity index (χ4n) is 3.72. The van der Waals surface area contributed by atoms with Gasteiger partial charge in [-0.15, -0.1) is 0 Å². The molecule has 0 saturated heterocycles. The van der Waals surface area contributed by atoms with Gasteiger partial charge in [0.25, 0.3) is 0 Å². The minimum atomic E-state index is 0.770. The molecule has 0 unspecified atom stereocenters. The van der Waals surface area contributed by atoms with Gasteiger partial charge >= 0.3 is 0 Å². The Morgan fingerprint density at radius 1 is 0.429 bits per heavy atom. The summed E-state index contributed by atoms with van der Waals surface area (Å²) in [5.74, 6) is 0.872. The molecule has 0 aromatic rings. The summed E-state index contributed by atoms with van der Waals surface area (Å²) >= 11 is 0. The molecular weight excluding hydrogens is 344 g/mol. The number of hydrogen-bond donors (Lipinski definition) is 0. The van der Waals surface area contributed by atoms with Crippen LogP contribution in [-0.2, 0) is 9.78 Å². The van der Waals surface area contributed by atoms with E-state index in [-0.39, 0.29) is 0 Å². The largest absolute Gasteiger partial charge is 0.237 e. The Labute approximate surface area is 178 Å². The normalized spacial score (nSPS) is 11.6. The quantitative estimate of drug-likeness (QED) is 0.0915. The lowest BCUT2D eigenvalue weighted by atomic mass is 10.0. The van der Waals surface area contributed by atoms with Gasteiger partial charge in [0, 0.05) is 0 Å². The summed E-state index contributed by atoms with van der Waals surface area (Å²) in [5, 5.41) is 0. The summed E-state index contributed by atoms with van der Waals surface area (Å²) < 4.78 is 0. The first kappa shape index (κ1) is 27.9. The van der Waals surface area contributed by atoms with Crippen molar-refractivity contribution in [1.29, 1.82) is 0 Å². The molecule has 0 N–H and O–H groups in total. The molecule has 0 aromatic heterocycles. The molecule has 170 valence electrons. The van der Waals surface area contributed by atoms with Crippen LogP contribution in [-0.4, -0.2) is 13.2 Å². The van der Waals surface area contributed by atoms with Crippen molar-refractivity contribution in [2.45, 2.75) is 149 Å². The zero-order valence-corrected chi connectivity index (χ0v) is 20.0. The molecule has 0 spiro atoms. The van der Waals surface area contributed by atoms with Crippen LogP contribution in [0.2, 0.25) is 0 Å². The van der Waals surface area contributed by atoms with Crippen LogP contribution in [0.5, 0.6) is 0 Å². The predicted octanol–water partition coefficient (Wildman–Crippen LogP) is 9.41. The van der Waals surface area contributed by atoms with E-state index in [1.807, 2.05) is 0 Å². The van der Waals surface area contributed by atoms with Gasteiger partial charge in [-0.25, -0.2) is 9.78 Å². The number of rotatable bonds is 24. The molecule has 0 saturated carbocycles. The lowest BCUT2D eigenvalue weighted by Gasteiger charge is -2.06. The molecule has 0 atom stereocenters. The van der Waals surface area contributed by atoms with Gasteiger partial charge in [-0.2, -0.15) is 0 Å². The third kappa shape index (κ3) is 25.9. The number of unbranched alkanes of at least 4 members (excludes halogenated alkanes) is 17. The van der Waals surface area contributed by atoms with E-state index in [0.717, 1.165) is 32.0 Å². The van der Waals surface area contributed by atoms with E-state index >= 15 is 0 Å². The fourth-order valence-corrected chi connectivity index (χ4v) is 3.72. The zero-order valence-electron chi connectivity index (χ0n) is 20.0. The third-order valence-electron chi connectivity index (χ3n) is 5.67.